The van der Waals surface area contributed by atoms with E-state index in [0.717, 1.165) is 6.07 Å². The zero-order valence-electron chi connectivity index (χ0n) is 10.1. The number of hydrogen-bond acceptors (Lipinski definition) is 4. The van der Waals surface area contributed by atoms with E-state index in [9.17, 15) is 14.9 Å². The van der Waals surface area contributed by atoms with Crippen LogP contribution in [0, 0.1) is 10.1 Å². The van der Waals surface area contributed by atoms with Crippen molar-refractivity contribution in [3.8, 4) is 0 Å². The lowest BCUT2D eigenvalue weighted by atomic mass is 10.2. The van der Waals surface area contributed by atoms with Crippen LogP contribution >= 0.6 is 34.8 Å². The molecule has 1 aromatic heterocycles. The molecule has 9 heteroatoms. The van der Waals surface area contributed by atoms with Gasteiger partial charge in [-0.25, -0.2) is 4.98 Å². The number of pyridine rings is 1. The van der Waals surface area contributed by atoms with Crippen molar-refractivity contribution < 1.29 is 9.72 Å². The quantitative estimate of drug-likeness (QED) is 0.512. The van der Waals surface area contributed by atoms with Crippen molar-refractivity contribution in [2.75, 3.05) is 5.32 Å². The van der Waals surface area contributed by atoms with E-state index in [1.54, 1.807) is 6.07 Å². The van der Waals surface area contributed by atoms with Crippen molar-refractivity contribution in [2.45, 2.75) is 0 Å². The SMILES string of the molecule is O=C(Nc1ccc(Cl)nc1)c1cc(Cl)c(Cl)c([N+](=O)[O-])c1. The minimum atomic E-state index is -0.713. The Morgan fingerprint density at radius 3 is 2.52 bits per heavy atom. The third-order valence-electron chi connectivity index (χ3n) is 2.45. The fourth-order valence-electron chi connectivity index (χ4n) is 1.49. The lowest BCUT2D eigenvalue weighted by molar-refractivity contribution is -0.384. The zero-order chi connectivity index (χ0) is 15.6. The molecule has 0 saturated heterocycles. The molecule has 0 aliphatic carbocycles. The molecule has 6 nitrogen and oxygen atoms in total. The highest BCUT2D eigenvalue weighted by molar-refractivity contribution is 6.43. The fourth-order valence-corrected chi connectivity index (χ4v) is 2.00. The standard InChI is InChI=1S/C12H6Cl3N3O3/c13-8-3-6(4-9(11(8)15)18(20)21)12(19)17-7-1-2-10(14)16-5-7/h1-5H,(H,17,19). The Morgan fingerprint density at radius 1 is 1.24 bits per heavy atom. The first-order chi connectivity index (χ1) is 9.88. The lowest BCUT2D eigenvalue weighted by Crippen LogP contribution is -2.12. The van der Waals surface area contributed by atoms with Crippen LogP contribution in [-0.2, 0) is 0 Å². The van der Waals surface area contributed by atoms with Gasteiger partial charge in [0.1, 0.15) is 10.2 Å². The molecule has 0 spiro atoms. The Labute approximate surface area is 133 Å². The molecule has 1 amide bonds. The van der Waals surface area contributed by atoms with Gasteiger partial charge < -0.3 is 5.32 Å². The van der Waals surface area contributed by atoms with Crippen LogP contribution < -0.4 is 5.32 Å². The summed E-state index contributed by atoms with van der Waals surface area (Å²) in [5, 5.41) is 13.3. The van der Waals surface area contributed by atoms with E-state index in [0.29, 0.717) is 5.69 Å². The smallest absolute Gasteiger partial charge is 0.290 e. The summed E-state index contributed by atoms with van der Waals surface area (Å²) in [4.78, 5) is 26.0. The van der Waals surface area contributed by atoms with Crippen LogP contribution in [0.4, 0.5) is 11.4 Å². The first kappa shape index (κ1) is 15.5. The van der Waals surface area contributed by atoms with Crippen LogP contribution in [0.25, 0.3) is 0 Å². The van der Waals surface area contributed by atoms with E-state index in [2.05, 4.69) is 10.3 Å². The molecule has 0 saturated carbocycles. The number of hydrogen-bond donors (Lipinski definition) is 1. The Hall–Kier alpha value is -1.89. The van der Waals surface area contributed by atoms with E-state index in [-0.39, 0.29) is 20.8 Å². The van der Waals surface area contributed by atoms with Gasteiger partial charge in [0, 0.05) is 11.6 Å². The Morgan fingerprint density at radius 2 is 1.95 bits per heavy atom. The largest absolute Gasteiger partial charge is 0.321 e. The molecule has 0 atom stereocenters. The predicted molar refractivity (Wildman–Crippen MR) is 80.3 cm³/mol. The molecule has 1 N–H and O–H groups in total. The number of nitrogens with zero attached hydrogens (tertiary/aromatic N) is 2. The third-order valence-corrected chi connectivity index (χ3v) is 3.47. The maximum Gasteiger partial charge on any atom is 0.290 e. The number of aromatic nitrogens is 1. The molecule has 108 valence electrons. The topological polar surface area (TPSA) is 85.1 Å². The number of carbonyl (C=O) groups is 1. The third kappa shape index (κ3) is 3.60. The van der Waals surface area contributed by atoms with Crippen LogP contribution in [-0.4, -0.2) is 15.8 Å². The van der Waals surface area contributed by atoms with Gasteiger partial charge in [-0.05, 0) is 18.2 Å². The van der Waals surface area contributed by atoms with Gasteiger partial charge in [-0.15, -0.1) is 0 Å². The van der Waals surface area contributed by atoms with Crippen molar-refractivity contribution in [2.24, 2.45) is 0 Å². The van der Waals surface area contributed by atoms with Crippen LogP contribution in [0.2, 0.25) is 15.2 Å². The number of anilines is 1. The molecular weight excluding hydrogens is 341 g/mol. The fraction of sp³-hybridized carbons (Fsp3) is 0. The van der Waals surface area contributed by atoms with Gasteiger partial charge in [0.2, 0.25) is 0 Å². The highest BCUT2D eigenvalue weighted by atomic mass is 35.5. The van der Waals surface area contributed by atoms with Crippen molar-refractivity contribution in [3.63, 3.8) is 0 Å². The molecule has 0 aliphatic rings. The normalized spacial score (nSPS) is 10.2. The van der Waals surface area contributed by atoms with Crippen molar-refractivity contribution in [3.05, 3.63) is 61.3 Å². The lowest BCUT2D eigenvalue weighted by Gasteiger charge is -2.06. The van der Waals surface area contributed by atoms with Crippen LogP contribution in [0.1, 0.15) is 10.4 Å². The average Bonchev–Trinajstić information content (AvgIpc) is 2.43. The van der Waals surface area contributed by atoms with Crippen LogP contribution in [0.5, 0.6) is 0 Å². The molecular formula is C12H6Cl3N3O3. The van der Waals surface area contributed by atoms with Crippen LogP contribution in [0.3, 0.4) is 0 Å². The second-order valence-electron chi connectivity index (χ2n) is 3.87. The zero-order valence-corrected chi connectivity index (χ0v) is 12.4. The maximum absolute atomic E-state index is 12.0. The summed E-state index contributed by atoms with van der Waals surface area (Å²) in [5.74, 6) is -0.583. The summed E-state index contributed by atoms with van der Waals surface area (Å²) in [6.45, 7) is 0. The average molecular weight is 347 g/mol. The van der Waals surface area contributed by atoms with Crippen molar-refractivity contribution in [1.82, 2.24) is 4.98 Å². The number of carbonyl (C=O) groups excluding carboxylic acids is 1. The highest BCUT2D eigenvalue weighted by Gasteiger charge is 2.20. The van der Waals surface area contributed by atoms with Gasteiger partial charge in [0.15, 0.2) is 0 Å². The van der Waals surface area contributed by atoms with Crippen molar-refractivity contribution in [1.29, 1.82) is 0 Å². The number of nitro groups is 1. The number of rotatable bonds is 3. The van der Waals surface area contributed by atoms with E-state index in [1.165, 1.54) is 18.3 Å². The first-order valence-electron chi connectivity index (χ1n) is 5.45. The molecule has 0 radical (unpaired) electrons. The van der Waals surface area contributed by atoms with E-state index in [4.69, 9.17) is 34.8 Å². The first-order valence-corrected chi connectivity index (χ1v) is 6.58. The van der Waals surface area contributed by atoms with Gasteiger partial charge in [0.05, 0.1) is 21.8 Å². The minimum absolute atomic E-state index is 0.00560. The van der Waals surface area contributed by atoms with Crippen molar-refractivity contribution >= 4 is 52.1 Å². The number of benzene rings is 1. The molecule has 21 heavy (non-hydrogen) atoms. The molecule has 0 unspecified atom stereocenters. The monoisotopic (exact) mass is 345 g/mol. The van der Waals surface area contributed by atoms with Crippen LogP contribution in [0.15, 0.2) is 30.5 Å². The van der Waals surface area contributed by atoms with E-state index >= 15 is 0 Å². The summed E-state index contributed by atoms with van der Waals surface area (Å²) in [6.07, 6.45) is 1.35. The highest BCUT2D eigenvalue weighted by Crippen LogP contribution is 2.33. The van der Waals surface area contributed by atoms with Gasteiger partial charge in [0.25, 0.3) is 11.6 Å². The summed E-state index contributed by atoms with van der Waals surface area (Å²) in [6, 6.07) is 5.33. The Bertz CT molecular complexity index is 720. The minimum Gasteiger partial charge on any atom is -0.321 e. The number of halogens is 3. The number of nitrogens with one attached hydrogen (secondary N) is 1. The molecule has 1 aromatic carbocycles. The second kappa shape index (κ2) is 6.26. The van der Waals surface area contributed by atoms with Gasteiger partial charge in [-0.1, -0.05) is 34.8 Å². The van der Waals surface area contributed by atoms with E-state index in [1.807, 2.05) is 0 Å². The molecule has 0 aliphatic heterocycles. The van der Waals surface area contributed by atoms with Gasteiger partial charge in [-0.2, -0.15) is 0 Å². The Kier molecular flexibility index (Phi) is 4.62. The van der Waals surface area contributed by atoms with E-state index < -0.39 is 16.5 Å². The summed E-state index contributed by atoms with van der Waals surface area (Å²) in [5.41, 5.74) is -0.0484. The maximum atomic E-state index is 12.0. The van der Waals surface area contributed by atoms with Gasteiger partial charge >= 0.3 is 0 Å². The molecule has 0 fully saturated rings. The number of amides is 1. The summed E-state index contributed by atoms with van der Waals surface area (Å²) >= 11 is 17.1. The number of nitro benzene ring substituents is 1. The van der Waals surface area contributed by atoms with Gasteiger partial charge in [-0.3, -0.25) is 14.9 Å². The molecule has 2 rings (SSSR count). The Balaban J connectivity index is 2.31. The second-order valence-corrected chi connectivity index (χ2v) is 5.04. The molecule has 1 heterocycles. The molecule has 2 aromatic rings. The predicted octanol–water partition coefficient (Wildman–Crippen LogP) is 4.20. The molecule has 0 bridgehead atoms. The summed E-state index contributed by atoms with van der Waals surface area (Å²) in [7, 11) is 0. The summed E-state index contributed by atoms with van der Waals surface area (Å²) < 4.78 is 0.